The highest BCUT2D eigenvalue weighted by Gasteiger charge is 2.25. The van der Waals surface area contributed by atoms with Gasteiger partial charge in [0, 0.05) is 18.6 Å². The van der Waals surface area contributed by atoms with E-state index in [1.165, 1.54) is 12.1 Å². The zero-order valence-electron chi connectivity index (χ0n) is 10.9. The summed E-state index contributed by atoms with van der Waals surface area (Å²) in [4.78, 5) is 2.47. The first-order chi connectivity index (χ1) is 8.24. The van der Waals surface area contributed by atoms with Gasteiger partial charge in [0.2, 0.25) is 0 Å². The van der Waals surface area contributed by atoms with Gasteiger partial charge in [0.15, 0.2) is 0 Å². The van der Waals surface area contributed by atoms with Gasteiger partial charge >= 0.3 is 0 Å². The summed E-state index contributed by atoms with van der Waals surface area (Å²) in [7, 11) is 1.74. The largest absolute Gasteiger partial charge is 0.495 e. The Morgan fingerprint density at radius 2 is 2.00 bits per heavy atom. The van der Waals surface area contributed by atoms with Crippen LogP contribution in [0.15, 0.2) is 24.3 Å². The van der Waals surface area contributed by atoms with E-state index in [-0.39, 0.29) is 0 Å². The average molecular weight is 234 g/mol. The van der Waals surface area contributed by atoms with Gasteiger partial charge in [-0.3, -0.25) is 0 Å². The zero-order chi connectivity index (χ0) is 12.3. The molecular formula is C14H22N2O. The maximum atomic E-state index is 5.47. The van der Waals surface area contributed by atoms with Gasteiger partial charge < -0.3 is 15.0 Å². The van der Waals surface area contributed by atoms with Gasteiger partial charge in [0.1, 0.15) is 5.75 Å². The van der Waals surface area contributed by atoms with E-state index in [2.05, 4.69) is 36.2 Å². The molecule has 0 radical (unpaired) electrons. The van der Waals surface area contributed by atoms with Crippen molar-refractivity contribution >= 4 is 5.69 Å². The van der Waals surface area contributed by atoms with Crippen molar-refractivity contribution in [1.82, 2.24) is 5.32 Å². The van der Waals surface area contributed by atoms with E-state index >= 15 is 0 Å². The third-order valence-corrected chi connectivity index (χ3v) is 3.49. The second kappa shape index (κ2) is 5.41. The monoisotopic (exact) mass is 234 g/mol. The topological polar surface area (TPSA) is 24.5 Å². The first kappa shape index (κ1) is 12.2. The molecule has 1 fully saturated rings. The molecule has 0 aromatic heterocycles. The van der Waals surface area contributed by atoms with Crippen LogP contribution in [0.1, 0.15) is 20.3 Å². The molecule has 1 heterocycles. The number of methoxy groups -OCH3 is 1. The van der Waals surface area contributed by atoms with E-state index in [1.54, 1.807) is 7.11 Å². The molecule has 3 heteroatoms. The minimum absolute atomic E-state index is 0.490. The van der Waals surface area contributed by atoms with Crippen LogP contribution in [-0.2, 0) is 0 Å². The number of nitrogens with zero attached hydrogens (tertiary/aromatic N) is 1. The molecule has 1 saturated heterocycles. The lowest BCUT2D eigenvalue weighted by molar-refractivity contribution is 0.411. The molecule has 0 spiro atoms. The van der Waals surface area contributed by atoms with Crippen LogP contribution in [0.2, 0.25) is 0 Å². The van der Waals surface area contributed by atoms with Crippen molar-refractivity contribution in [3.05, 3.63) is 24.3 Å². The van der Waals surface area contributed by atoms with Crippen LogP contribution in [0.4, 0.5) is 5.69 Å². The molecule has 0 saturated carbocycles. The number of hydrogen-bond acceptors (Lipinski definition) is 3. The molecule has 0 amide bonds. The van der Waals surface area contributed by atoms with E-state index < -0.39 is 0 Å². The van der Waals surface area contributed by atoms with Gasteiger partial charge in [-0.2, -0.15) is 0 Å². The zero-order valence-corrected chi connectivity index (χ0v) is 10.9. The van der Waals surface area contributed by atoms with E-state index in [9.17, 15) is 0 Å². The molecule has 2 atom stereocenters. The highest BCUT2D eigenvalue weighted by molar-refractivity contribution is 5.59. The van der Waals surface area contributed by atoms with Crippen molar-refractivity contribution < 1.29 is 4.74 Å². The summed E-state index contributed by atoms with van der Waals surface area (Å²) < 4.78 is 5.47. The second-order valence-corrected chi connectivity index (χ2v) is 4.77. The van der Waals surface area contributed by atoms with E-state index in [4.69, 9.17) is 4.74 Å². The van der Waals surface area contributed by atoms with Gasteiger partial charge in [-0.15, -0.1) is 0 Å². The van der Waals surface area contributed by atoms with Crippen molar-refractivity contribution in [2.24, 2.45) is 0 Å². The maximum absolute atomic E-state index is 5.47. The first-order valence-electron chi connectivity index (χ1n) is 6.36. The standard InChI is InChI=1S/C14H22N2O/c1-11-8-9-15-10-12(2)16(11)13-6-4-5-7-14(13)17-3/h4-7,11-12,15H,8-10H2,1-3H3. The summed E-state index contributed by atoms with van der Waals surface area (Å²) in [6.45, 7) is 6.68. The lowest BCUT2D eigenvalue weighted by Crippen LogP contribution is -2.42. The molecule has 1 aliphatic heterocycles. The van der Waals surface area contributed by atoms with Gasteiger partial charge in [0.25, 0.3) is 0 Å². The average Bonchev–Trinajstić information content (AvgIpc) is 2.51. The summed E-state index contributed by atoms with van der Waals surface area (Å²) in [5.74, 6) is 0.966. The van der Waals surface area contributed by atoms with Crippen molar-refractivity contribution in [3.8, 4) is 5.75 Å². The fourth-order valence-electron chi connectivity index (χ4n) is 2.61. The summed E-state index contributed by atoms with van der Waals surface area (Å²) in [5.41, 5.74) is 1.21. The van der Waals surface area contributed by atoms with Crippen LogP contribution in [0.25, 0.3) is 0 Å². The lowest BCUT2D eigenvalue weighted by Gasteiger charge is -2.35. The van der Waals surface area contributed by atoms with Crippen LogP contribution >= 0.6 is 0 Å². The Kier molecular flexibility index (Phi) is 3.89. The number of ether oxygens (including phenoxy) is 1. The van der Waals surface area contributed by atoms with Gasteiger partial charge in [-0.1, -0.05) is 12.1 Å². The summed E-state index contributed by atoms with van der Waals surface area (Å²) >= 11 is 0. The minimum atomic E-state index is 0.490. The molecule has 94 valence electrons. The van der Waals surface area contributed by atoms with Crippen molar-refractivity contribution in [3.63, 3.8) is 0 Å². The predicted octanol–water partition coefficient (Wildman–Crippen LogP) is 2.27. The minimum Gasteiger partial charge on any atom is -0.495 e. The second-order valence-electron chi connectivity index (χ2n) is 4.77. The number of anilines is 1. The summed E-state index contributed by atoms with van der Waals surface area (Å²) in [5, 5.41) is 3.48. The number of rotatable bonds is 2. The Morgan fingerprint density at radius 1 is 1.24 bits per heavy atom. The molecule has 1 aliphatic rings. The Balaban J connectivity index is 2.34. The highest BCUT2D eigenvalue weighted by atomic mass is 16.5. The number of hydrogen-bond donors (Lipinski definition) is 1. The third kappa shape index (κ3) is 2.55. The van der Waals surface area contributed by atoms with Crippen LogP contribution in [0.5, 0.6) is 5.75 Å². The molecule has 2 rings (SSSR count). The molecule has 1 aromatic carbocycles. The quantitative estimate of drug-likeness (QED) is 0.849. The Bertz CT molecular complexity index is 355. The maximum Gasteiger partial charge on any atom is 0.142 e. The fourth-order valence-corrected chi connectivity index (χ4v) is 2.61. The SMILES string of the molecule is COc1ccccc1N1C(C)CCNCC1C. The van der Waals surface area contributed by atoms with Crippen LogP contribution in [0, 0.1) is 0 Å². The Labute approximate surface area is 104 Å². The van der Waals surface area contributed by atoms with Gasteiger partial charge in [0.05, 0.1) is 12.8 Å². The predicted molar refractivity (Wildman–Crippen MR) is 71.9 cm³/mol. The number of nitrogens with one attached hydrogen (secondary N) is 1. The van der Waals surface area contributed by atoms with E-state index in [0.717, 1.165) is 18.8 Å². The smallest absolute Gasteiger partial charge is 0.142 e. The Morgan fingerprint density at radius 3 is 2.76 bits per heavy atom. The molecule has 1 N–H and O–H groups in total. The van der Waals surface area contributed by atoms with E-state index in [1.807, 2.05) is 12.1 Å². The molecule has 3 nitrogen and oxygen atoms in total. The van der Waals surface area contributed by atoms with Crippen LogP contribution in [-0.4, -0.2) is 32.3 Å². The normalized spacial score (nSPS) is 25.5. The summed E-state index contributed by atoms with van der Waals surface area (Å²) in [6.07, 6.45) is 1.17. The fraction of sp³-hybridized carbons (Fsp3) is 0.571. The van der Waals surface area contributed by atoms with Gasteiger partial charge in [-0.05, 0) is 38.9 Å². The van der Waals surface area contributed by atoms with E-state index in [0.29, 0.717) is 12.1 Å². The highest BCUT2D eigenvalue weighted by Crippen LogP contribution is 2.31. The van der Waals surface area contributed by atoms with Crippen molar-refractivity contribution in [2.45, 2.75) is 32.4 Å². The van der Waals surface area contributed by atoms with Gasteiger partial charge in [-0.25, -0.2) is 0 Å². The van der Waals surface area contributed by atoms with Crippen LogP contribution in [0.3, 0.4) is 0 Å². The molecule has 2 unspecified atom stereocenters. The number of benzene rings is 1. The number of para-hydroxylation sites is 2. The molecule has 1 aromatic rings. The molecule has 0 bridgehead atoms. The molecule has 0 aliphatic carbocycles. The summed E-state index contributed by atoms with van der Waals surface area (Å²) in [6, 6.07) is 9.31. The van der Waals surface area contributed by atoms with Crippen LogP contribution < -0.4 is 15.0 Å². The van der Waals surface area contributed by atoms with Crippen molar-refractivity contribution in [2.75, 3.05) is 25.1 Å². The first-order valence-corrected chi connectivity index (χ1v) is 6.36. The lowest BCUT2D eigenvalue weighted by atomic mass is 10.1. The molecule has 17 heavy (non-hydrogen) atoms. The molecular weight excluding hydrogens is 212 g/mol. The third-order valence-electron chi connectivity index (χ3n) is 3.49. The van der Waals surface area contributed by atoms with Crippen molar-refractivity contribution in [1.29, 1.82) is 0 Å². The Hall–Kier alpha value is -1.22.